The average Bonchev–Trinajstić information content (AvgIpc) is 2.35. The zero-order valence-electron chi connectivity index (χ0n) is 9.67. The van der Waals surface area contributed by atoms with Crippen molar-refractivity contribution < 1.29 is 9.53 Å². The number of esters is 1. The molecule has 0 bridgehead atoms. The number of hydrogen-bond donors (Lipinski definition) is 0. The van der Waals surface area contributed by atoms with Gasteiger partial charge in [-0.2, -0.15) is 0 Å². The Morgan fingerprint density at radius 3 is 3.06 bits per heavy atom. The second kappa shape index (κ2) is 5.85. The van der Waals surface area contributed by atoms with Crippen LogP contribution in [0.15, 0.2) is 23.3 Å². The van der Waals surface area contributed by atoms with E-state index < -0.39 is 0 Å². The molecule has 0 unspecified atom stereocenters. The van der Waals surface area contributed by atoms with Crippen LogP contribution in [0.3, 0.4) is 0 Å². The van der Waals surface area contributed by atoms with Gasteiger partial charge in [0.1, 0.15) is 0 Å². The molecule has 1 rings (SSSR count). The molecule has 0 aliphatic heterocycles. The summed E-state index contributed by atoms with van der Waals surface area (Å²) in [5.41, 5.74) is 0.448. The number of carbonyl (C=O) groups excluding carboxylic acids is 1. The highest BCUT2D eigenvalue weighted by Crippen LogP contribution is 2.10. The van der Waals surface area contributed by atoms with E-state index in [1.807, 2.05) is 18.9 Å². The van der Waals surface area contributed by atoms with Gasteiger partial charge in [-0.05, 0) is 19.1 Å². The molecule has 1 heterocycles. The maximum absolute atomic E-state index is 11.2. The first-order valence-corrected chi connectivity index (χ1v) is 4.96. The molecular formula is C11H15N3O2. The quantitative estimate of drug-likeness (QED) is 0.439. The van der Waals surface area contributed by atoms with Gasteiger partial charge in [-0.3, -0.25) is 0 Å². The van der Waals surface area contributed by atoms with Crippen LogP contribution in [0.25, 0.3) is 0 Å². The molecule has 0 saturated heterocycles. The maximum atomic E-state index is 11.2. The number of pyridine rings is 1. The van der Waals surface area contributed by atoms with Gasteiger partial charge in [-0.1, -0.05) is 0 Å². The van der Waals surface area contributed by atoms with Gasteiger partial charge < -0.3 is 9.64 Å². The zero-order chi connectivity index (χ0) is 12.0. The van der Waals surface area contributed by atoms with Gasteiger partial charge in [0.05, 0.1) is 19.0 Å². The van der Waals surface area contributed by atoms with Gasteiger partial charge in [0.25, 0.3) is 0 Å². The number of rotatable bonds is 4. The van der Waals surface area contributed by atoms with Crippen LogP contribution >= 0.6 is 0 Å². The van der Waals surface area contributed by atoms with Crippen LogP contribution in [0.1, 0.15) is 17.3 Å². The third kappa shape index (κ3) is 3.34. The molecule has 0 saturated carbocycles. The van der Waals surface area contributed by atoms with Crippen molar-refractivity contribution in [3.63, 3.8) is 0 Å². The number of hydrogen-bond acceptors (Lipinski definition) is 4. The predicted octanol–water partition coefficient (Wildman–Crippen LogP) is 1.48. The topological polar surface area (TPSA) is 54.8 Å². The van der Waals surface area contributed by atoms with E-state index in [9.17, 15) is 4.79 Å². The largest absolute Gasteiger partial charge is 0.465 e. The predicted molar refractivity (Wildman–Crippen MR) is 62.0 cm³/mol. The lowest BCUT2D eigenvalue weighted by Crippen LogP contribution is -2.14. The Hall–Kier alpha value is -1.91. The van der Waals surface area contributed by atoms with Gasteiger partial charge in [-0.15, -0.1) is 0 Å². The first-order chi connectivity index (χ1) is 7.67. The summed E-state index contributed by atoms with van der Waals surface area (Å²) in [4.78, 5) is 21.3. The zero-order valence-corrected chi connectivity index (χ0v) is 9.67. The molecule has 0 amide bonds. The van der Waals surface area contributed by atoms with Crippen LogP contribution in [0.2, 0.25) is 0 Å². The number of carbonyl (C=O) groups is 1. The van der Waals surface area contributed by atoms with E-state index in [1.54, 1.807) is 18.5 Å². The summed E-state index contributed by atoms with van der Waals surface area (Å²) >= 11 is 0. The summed E-state index contributed by atoms with van der Waals surface area (Å²) < 4.78 is 4.61. The van der Waals surface area contributed by atoms with Crippen LogP contribution in [0, 0.1) is 0 Å². The number of nitrogens with zero attached hydrogens (tertiary/aromatic N) is 3. The summed E-state index contributed by atoms with van der Waals surface area (Å²) in [6, 6.07) is 3.18. The molecule has 1 aromatic heterocycles. The molecule has 0 aliphatic rings. The Morgan fingerprint density at radius 2 is 2.44 bits per heavy atom. The van der Waals surface area contributed by atoms with Gasteiger partial charge >= 0.3 is 5.97 Å². The molecule has 16 heavy (non-hydrogen) atoms. The molecule has 86 valence electrons. The van der Waals surface area contributed by atoms with Crippen molar-refractivity contribution >= 4 is 18.1 Å². The molecular weight excluding hydrogens is 206 g/mol. The minimum Gasteiger partial charge on any atom is -0.465 e. The second-order valence-electron chi connectivity index (χ2n) is 3.21. The SMILES string of the molecule is CCN(C)C=Nc1cc(C(=O)OC)ccn1. The van der Waals surface area contributed by atoms with E-state index in [4.69, 9.17) is 0 Å². The average molecular weight is 221 g/mol. The number of methoxy groups -OCH3 is 1. The van der Waals surface area contributed by atoms with E-state index in [-0.39, 0.29) is 5.97 Å². The van der Waals surface area contributed by atoms with E-state index in [1.165, 1.54) is 13.3 Å². The standard InChI is InChI=1S/C11H15N3O2/c1-4-14(2)8-13-10-7-9(5-6-12-10)11(15)16-3/h5-8H,4H2,1-3H3. The summed E-state index contributed by atoms with van der Waals surface area (Å²) in [6.07, 6.45) is 3.20. The summed E-state index contributed by atoms with van der Waals surface area (Å²) in [5.74, 6) is 0.103. The van der Waals surface area contributed by atoms with Crippen molar-refractivity contribution in [2.75, 3.05) is 20.7 Å². The lowest BCUT2D eigenvalue weighted by Gasteiger charge is -2.07. The van der Waals surface area contributed by atoms with Crippen molar-refractivity contribution in [1.29, 1.82) is 0 Å². The molecule has 0 N–H and O–H groups in total. The van der Waals surface area contributed by atoms with Crippen LogP contribution < -0.4 is 0 Å². The first kappa shape index (κ1) is 12.2. The lowest BCUT2D eigenvalue weighted by molar-refractivity contribution is 0.0600. The maximum Gasteiger partial charge on any atom is 0.338 e. The second-order valence-corrected chi connectivity index (χ2v) is 3.21. The Kier molecular flexibility index (Phi) is 4.44. The summed E-state index contributed by atoms with van der Waals surface area (Å²) in [5, 5.41) is 0. The Morgan fingerprint density at radius 1 is 1.69 bits per heavy atom. The highest BCUT2D eigenvalue weighted by Gasteiger charge is 2.05. The number of ether oxygens (including phenoxy) is 1. The van der Waals surface area contributed by atoms with Crippen LogP contribution in [0.5, 0.6) is 0 Å². The summed E-state index contributed by atoms with van der Waals surface area (Å²) in [6.45, 7) is 2.88. The molecule has 0 fully saturated rings. The van der Waals surface area contributed by atoms with Crippen LogP contribution in [-0.2, 0) is 4.74 Å². The third-order valence-electron chi connectivity index (χ3n) is 2.05. The third-order valence-corrected chi connectivity index (χ3v) is 2.05. The van der Waals surface area contributed by atoms with Crippen molar-refractivity contribution in [1.82, 2.24) is 9.88 Å². The highest BCUT2D eigenvalue weighted by molar-refractivity contribution is 5.89. The molecule has 5 nitrogen and oxygen atoms in total. The van der Waals surface area contributed by atoms with E-state index in [2.05, 4.69) is 14.7 Å². The Bertz CT molecular complexity index is 391. The molecule has 0 atom stereocenters. The van der Waals surface area contributed by atoms with Gasteiger partial charge in [0.2, 0.25) is 0 Å². The van der Waals surface area contributed by atoms with Crippen molar-refractivity contribution in [3.05, 3.63) is 23.9 Å². The van der Waals surface area contributed by atoms with Gasteiger partial charge in [0, 0.05) is 19.8 Å². The van der Waals surface area contributed by atoms with Crippen molar-refractivity contribution in [2.45, 2.75) is 6.92 Å². The van der Waals surface area contributed by atoms with Gasteiger partial charge in [-0.25, -0.2) is 14.8 Å². The van der Waals surface area contributed by atoms with E-state index >= 15 is 0 Å². The van der Waals surface area contributed by atoms with Crippen LogP contribution in [0.4, 0.5) is 5.82 Å². The van der Waals surface area contributed by atoms with E-state index in [0.29, 0.717) is 11.4 Å². The number of aromatic nitrogens is 1. The fraction of sp³-hybridized carbons (Fsp3) is 0.364. The highest BCUT2D eigenvalue weighted by atomic mass is 16.5. The molecule has 5 heteroatoms. The van der Waals surface area contributed by atoms with Crippen LogP contribution in [-0.4, -0.2) is 42.9 Å². The summed E-state index contributed by atoms with van der Waals surface area (Å²) in [7, 11) is 3.25. The molecule has 0 radical (unpaired) electrons. The molecule has 1 aromatic rings. The fourth-order valence-corrected chi connectivity index (χ4v) is 0.973. The molecule has 0 spiro atoms. The minimum atomic E-state index is -0.386. The Balaban J connectivity index is 2.82. The molecule has 0 aromatic carbocycles. The van der Waals surface area contributed by atoms with Crippen molar-refractivity contribution in [2.24, 2.45) is 4.99 Å². The molecule has 0 aliphatic carbocycles. The Labute approximate surface area is 94.8 Å². The minimum absolute atomic E-state index is 0.386. The van der Waals surface area contributed by atoms with Crippen molar-refractivity contribution in [3.8, 4) is 0 Å². The monoisotopic (exact) mass is 221 g/mol. The number of aliphatic imine (C=N–C) groups is 1. The lowest BCUT2D eigenvalue weighted by atomic mass is 10.2. The van der Waals surface area contributed by atoms with Gasteiger partial charge in [0.15, 0.2) is 5.82 Å². The van der Waals surface area contributed by atoms with E-state index in [0.717, 1.165) is 6.54 Å². The fourth-order valence-electron chi connectivity index (χ4n) is 0.973. The first-order valence-electron chi connectivity index (χ1n) is 4.96. The smallest absolute Gasteiger partial charge is 0.338 e. The normalized spacial score (nSPS) is 10.4.